The van der Waals surface area contributed by atoms with Crippen molar-refractivity contribution in [2.45, 2.75) is 97.9 Å². The minimum atomic E-state index is -2.90. The fraction of sp³-hybridized carbons (Fsp3) is 0.957. The van der Waals surface area contributed by atoms with Crippen molar-refractivity contribution >= 4 is 15.7 Å². The number of hydrogen-bond acceptors (Lipinski definition) is 3. The first kappa shape index (κ1) is 20.7. The number of amides is 1. The monoisotopic (exact) mass is 409 g/mol. The maximum atomic E-state index is 13.4. The molecule has 5 heteroatoms. The van der Waals surface area contributed by atoms with Crippen LogP contribution in [-0.2, 0) is 14.6 Å². The summed E-state index contributed by atoms with van der Waals surface area (Å²) in [6, 6.07) is 0.325. The van der Waals surface area contributed by atoms with Gasteiger partial charge in [-0.2, -0.15) is 0 Å². The van der Waals surface area contributed by atoms with Crippen LogP contribution in [0.3, 0.4) is 0 Å². The molecule has 4 nitrogen and oxygen atoms in total. The van der Waals surface area contributed by atoms with E-state index >= 15 is 0 Å². The number of rotatable bonds is 6. The van der Waals surface area contributed by atoms with Gasteiger partial charge in [-0.15, -0.1) is 0 Å². The van der Waals surface area contributed by atoms with Gasteiger partial charge in [0.2, 0.25) is 5.91 Å². The fourth-order valence-corrected chi connectivity index (χ4v) is 8.26. The third-order valence-corrected chi connectivity index (χ3v) is 12.1. The van der Waals surface area contributed by atoms with Crippen LogP contribution in [0.5, 0.6) is 0 Å². The van der Waals surface area contributed by atoms with E-state index in [-0.39, 0.29) is 22.0 Å². The second-order valence-corrected chi connectivity index (χ2v) is 13.9. The first-order chi connectivity index (χ1) is 13.0. The molecule has 0 heterocycles. The van der Waals surface area contributed by atoms with Crippen LogP contribution in [0.25, 0.3) is 0 Å². The second-order valence-electron chi connectivity index (χ2n) is 11.4. The molecule has 0 saturated heterocycles. The first-order valence-electron chi connectivity index (χ1n) is 11.5. The van der Waals surface area contributed by atoms with Gasteiger partial charge in [0.1, 0.15) is 9.84 Å². The molecule has 28 heavy (non-hydrogen) atoms. The van der Waals surface area contributed by atoms with Gasteiger partial charge in [0.05, 0.1) is 5.75 Å². The Hall–Kier alpha value is -0.580. The van der Waals surface area contributed by atoms with E-state index in [4.69, 9.17) is 0 Å². The van der Waals surface area contributed by atoms with E-state index in [0.29, 0.717) is 23.1 Å². The number of nitrogens with one attached hydrogen (secondary N) is 1. The molecule has 5 aliphatic rings. The predicted molar refractivity (Wildman–Crippen MR) is 113 cm³/mol. The predicted octanol–water partition coefficient (Wildman–Crippen LogP) is 4.48. The minimum Gasteiger partial charge on any atom is -0.352 e. The van der Waals surface area contributed by atoms with Gasteiger partial charge < -0.3 is 5.32 Å². The lowest BCUT2D eigenvalue weighted by Crippen LogP contribution is -2.55. The maximum absolute atomic E-state index is 13.4. The Balaban J connectivity index is 1.39. The van der Waals surface area contributed by atoms with Crippen LogP contribution < -0.4 is 5.32 Å². The summed E-state index contributed by atoms with van der Waals surface area (Å²) in [5, 5.41) is 3.54. The van der Waals surface area contributed by atoms with Gasteiger partial charge in [-0.05, 0) is 86.4 Å². The van der Waals surface area contributed by atoms with E-state index in [1.165, 1.54) is 12.8 Å². The Morgan fingerprint density at radius 1 is 1.00 bits per heavy atom. The van der Waals surface area contributed by atoms with Crippen molar-refractivity contribution in [3.05, 3.63) is 0 Å². The summed E-state index contributed by atoms with van der Waals surface area (Å²) in [7, 11) is -2.90. The molecule has 1 N–H and O–H groups in total. The zero-order chi connectivity index (χ0) is 20.4. The number of hydrogen-bond donors (Lipinski definition) is 1. The molecule has 5 saturated carbocycles. The van der Waals surface area contributed by atoms with Crippen molar-refractivity contribution in [3.63, 3.8) is 0 Å². The van der Waals surface area contributed by atoms with Crippen molar-refractivity contribution in [3.8, 4) is 0 Å². The minimum absolute atomic E-state index is 0.171. The second kappa shape index (κ2) is 6.46. The number of sulfone groups is 1. The molecular formula is C23H39NO3S. The normalized spacial score (nSPS) is 44.0. The molecule has 5 aliphatic carbocycles. The standard InChI is InChI=1S/C23H39NO3S/c1-5-28(26,27)15-14-22-8-11-23(12-9-22,13-10-22)19(25)24-18-16-17-6-7-21(18,4)20(17,2)3/h17-18H,5-16H2,1-4H3,(H,24,25)/t17-,18-,21+,22?,23?/m0/s1. The lowest BCUT2D eigenvalue weighted by molar-refractivity contribution is -0.142. The molecule has 0 unspecified atom stereocenters. The van der Waals surface area contributed by atoms with Crippen LogP contribution in [-0.4, -0.2) is 31.9 Å². The van der Waals surface area contributed by atoms with Crippen molar-refractivity contribution < 1.29 is 13.2 Å². The van der Waals surface area contributed by atoms with E-state index in [2.05, 4.69) is 26.1 Å². The molecule has 0 aliphatic heterocycles. The Bertz CT molecular complexity index is 731. The van der Waals surface area contributed by atoms with E-state index < -0.39 is 9.84 Å². The molecule has 3 atom stereocenters. The van der Waals surface area contributed by atoms with E-state index in [0.717, 1.165) is 57.3 Å². The molecule has 0 spiro atoms. The maximum Gasteiger partial charge on any atom is 0.226 e. The highest BCUT2D eigenvalue weighted by molar-refractivity contribution is 7.91. The average molecular weight is 410 g/mol. The van der Waals surface area contributed by atoms with Crippen LogP contribution in [0.2, 0.25) is 0 Å². The van der Waals surface area contributed by atoms with Gasteiger partial charge in [-0.1, -0.05) is 27.7 Å². The van der Waals surface area contributed by atoms with Gasteiger partial charge in [-0.3, -0.25) is 4.79 Å². The summed E-state index contributed by atoms with van der Waals surface area (Å²) >= 11 is 0. The van der Waals surface area contributed by atoms with Gasteiger partial charge >= 0.3 is 0 Å². The lowest BCUT2D eigenvalue weighted by Gasteiger charge is -2.53. The zero-order valence-electron chi connectivity index (χ0n) is 18.3. The molecule has 0 radical (unpaired) electrons. The Morgan fingerprint density at radius 3 is 2.07 bits per heavy atom. The van der Waals surface area contributed by atoms with Crippen LogP contribution >= 0.6 is 0 Å². The van der Waals surface area contributed by atoms with Crippen molar-refractivity contribution in [1.29, 1.82) is 0 Å². The van der Waals surface area contributed by atoms with Gasteiger partial charge in [-0.25, -0.2) is 8.42 Å². The molecule has 0 aromatic carbocycles. The Kier molecular flexibility index (Phi) is 4.77. The molecule has 160 valence electrons. The van der Waals surface area contributed by atoms with Crippen LogP contribution in [0.4, 0.5) is 0 Å². The van der Waals surface area contributed by atoms with Gasteiger partial charge in [0.25, 0.3) is 0 Å². The highest BCUT2D eigenvalue weighted by Gasteiger charge is 2.62. The fourth-order valence-electron chi connectivity index (χ4n) is 7.23. The molecule has 4 bridgehead atoms. The lowest BCUT2D eigenvalue weighted by atomic mass is 9.52. The summed E-state index contributed by atoms with van der Waals surface area (Å²) in [5.74, 6) is 1.61. The Morgan fingerprint density at radius 2 is 1.61 bits per heavy atom. The molecular weight excluding hydrogens is 370 g/mol. The SMILES string of the molecule is CCS(=O)(=O)CCC12CCC(C(=O)N[C@H]3C[C@@H]4CC[C@@]3(C)C4(C)C)(CC1)CC2. The average Bonchev–Trinajstić information content (AvgIpc) is 3.01. The molecule has 5 fully saturated rings. The largest absolute Gasteiger partial charge is 0.352 e. The zero-order valence-corrected chi connectivity index (χ0v) is 19.1. The quantitative estimate of drug-likeness (QED) is 0.703. The Labute approximate surface area is 171 Å². The summed E-state index contributed by atoms with van der Waals surface area (Å²) in [6.07, 6.45) is 10.4. The van der Waals surface area contributed by atoms with Gasteiger partial charge in [0.15, 0.2) is 0 Å². The molecule has 1 amide bonds. The van der Waals surface area contributed by atoms with Gasteiger partial charge in [0, 0.05) is 17.2 Å². The molecule has 0 aromatic heterocycles. The van der Waals surface area contributed by atoms with Crippen LogP contribution in [0.15, 0.2) is 0 Å². The summed E-state index contributed by atoms with van der Waals surface area (Å²) in [5.41, 5.74) is 0.533. The molecule has 0 aromatic rings. The van der Waals surface area contributed by atoms with Crippen LogP contribution in [0, 0.1) is 27.6 Å². The highest BCUT2D eigenvalue weighted by atomic mass is 32.2. The topological polar surface area (TPSA) is 63.2 Å². The third kappa shape index (κ3) is 2.97. The number of fused-ring (bicyclic) bond motifs is 5. The number of carbonyl (C=O) groups is 1. The molecule has 5 rings (SSSR count). The van der Waals surface area contributed by atoms with Crippen molar-refractivity contribution in [1.82, 2.24) is 5.32 Å². The van der Waals surface area contributed by atoms with Crippen molar-refractivity contribution in [2.75, 3.05) is 11.5 Å². The summed E-state index contributed by atoms with van der Waals surface area (Å²) < 4.78 is 23.9. The number of carbonyl (C=O) groups excluding carboxylic acids is 1. The smallest absolute Gasteiger partial charge is 0.226 e. The van der Waals surface area contributed by atoms with E-state index in [9.17, 15) is 13.2 Å². The van der Waals surface area contributed by atoms with Crippen LogP contribution in [0.1, 0.15) is 91.9 Å². The highest BCUT2D eigenvalue weighted by Crippen LogP contribution is 2.66. The first-order valence-corrected chi connectivity index (χ1v) is 13.3. The summed E-state index contributed by atoms with van der Waals surface area (Å²) in [6.45, 7) is 8.93. The third-order valence-electron chi connectivity index (χ3n) is 10.4. The van der Waals surface area contributed by atoms with E-state index in [1.54, 1.807) is 6.92 Å². The van der Waals surface area contributed by atoms with E-state index in [1.807, 2.05) is 0 Å². The summed E-state index contributed by atoms with van der Waals surface area (Å²) in [4.78, 5) is 13.4. The van der Waals surface area contributed by atoms with Crippen molar-refractivity contribution in [2.24, 2.45) is 27.6 Å².